The zero-order valence-corrected chi connectivity index (χ0v) is 17.6. The summed E-state index contributed by atoms with van der Waals surface area (Å²) in [7, 11) is 0. The van der Waals surface area contributed by atoms with Crippen molar-refractivity contribution < 1.29 is 9.59 Å². The second-order valence-corrected chi connectivity index (χ2v) is 7.14. The van der Waals surface area contributed by atoms with Crippen LogP contribution in [0, 0.1) is 0 Å². The van der Waals surface area contributed by atoms with Crippen molar-refractivity contribution in [2.45, 2.75) is 13.0 Å². The molecule has 2 heterocycles. The predicted octanol–water partition coefficient (Wildman–Crippen LogP) is 2.33. The highest BCUT2D eigenvalue weighted by atomic mass is 16.2. The number of pyridine rings is 1. The molecule has 1 unspecified atom stereocenters. The molecule has 0 bridgehead atoms. The van der Waals surface area contributed by atoms with Gasteiger partial charge in [-0.3, -0.25) is 19.4 Å². The van der Waals surface area contributed by atoms with Gasteiger partial charge in [-0.2, -0.15) is 10.2 Å². The molecule has 2 amide bonds. The van der Waals surface area contributed by atoms with Crippen LogP contribution >= 0.6 is 0 Å². The molecule has 0 aliphatic rings. The van der Waals surface area contributed by atoms with E-state index < -0.39 is 23.4 Å². The van der Waals surface area contributed by atoms with Crippen molar-refractivity contribution in [2.75, 3.05) is 0 Å². The Bertz CT molecular complexity index is 1380. The smallest absolute Gasteiger partial charge is 0.272 e. The standard InChI is InChI=1S/C24H20N6O3/c1-15(19-13-7-8-14-25-19)27-30-24(33)21(26-22(31)16-9-3-2-4-10-16)20-17-11-5-6-12-18(17)23(32)29-28-20/h2-14,21H,1H3,(H,26,31)(H,29,32)(H,30,33)/b27-15+. The number of hydrogen-bond acceptors (Lipinski definition) is 6. The van der Waals surface area contributed by atoms with Crippen LogP contribution in [0.15, 0.2) is 88.9 Å². The lowest BCUT2D eigenvalue weighted by Crippen LogP contribution is -2.40. The summed E-state index contributed by atoms with van der Waals surface area (Å²) in [5.41, 5.74) is 3.72. The van der Waals surface area contributed by atoms with E-state index in [0.29, 0.717) is 27.7 Å². The fourth-order valence-electron chi connectivity index (χ4n) is 3.26. The van der Waals surface area contributed by atoms with Gasteiger partial charge < -0.3 is 5.32 Å². The molecule has 2 aromatic heterocycles. The minimum atomic E-state index is -1.22. The molecule has 0 radical (unpaired) electrons. The van der Waals surface area contributed by atoms with Crippen LogP contribution in [0.2, 0.25) is 0 Å². The van der Waals surface area contributed by atoms with Crippen molar-refractivity contribution in [1.29, 1.82) is 0 Å². The third-order valence-electron chi connectivity index (χ3n) is 4.94. The number of hydrazone groups is 1. The van der Waals surface area contributed by atoms with Crippen LogP contribution in [-0.2, 0) is 4.79 Å². The first-order chi connectivity index (χ1) is 16.0. The molecule has 3 N–H and O–H groups in total. The third kappa shape index (κ3) is 4.82. The number of carbonyl (C=O) groups is 2. The van der Waals surface area contributed by atoms with Crippen LogP contribution in [0.25, 0.3) is 10.8 Å². The van der Waals surface area contributed by atoms with E-state index in [9.17, 15) is 14.4 Å². The molecule has 9 heteroatoms. The van der Waals surface area contributed by atoms with Gasteiger partial charge in [0.15, 0.2) is 6.04 Å². The Kier molecular flexibility index (Phi) is 6.31. The maximum absolute atomic E-state index is 13.2. The van der Waals surface area contributed by atoms with E-state index in [1.807, 2.05) is 6.07 Å². The molecular weight excluding hydrogens is 420 g/mol. The van der Waals surface area contributed by atoms with E-state index in [0.717, 1.165) is 0 Å². The molecule has 33 heavy (non-hydrogen) atoms. The van der Waals surface area contributed by atoms with Gasteiger partial charge in [-0.1, -0.05) is 42.5 Å². The van der Waals surface area contributed by atoms with Gasteiger partial charge in [0.2, 0.25) is 0 Å². The average molecular weight is 440 g/mol. The SMILES string of the molecule is C/C(=N\NC(=O)C(NC(=O)c1ccccc1)c1n[nH]c(=O)c2ccccc12)c1ccccn1. The minimum absolute atomic E-state index is 0.192. The van der Waals surface area contributed by atoms with Crippen molar-refractivity contribution in [3.8, 4) is 0 Å². The molecule has 1 atom stereocenters. The van der Waals surface area contributed by atoms with E-state index >= 15 is 0 Å². The second kappa shape index (κ2) is 9.65. The quantitative estimate of drug-likeness (QED) is 0.313. The number of nitrogens with zero attached hydrogens (tertiary/aromatic N) is 3. The maximum atomic E-state index is 13.2. The number of amides is 2. The number of nitrogens with one attached hydrogen (secondary N) is 3. The zero-order chi connectivity index (χ0) is 23.2. The minimum Gasteiger partial charge on any atom is -0.335 e. The van der Waals surface area contributed by atoms with E-state index in [1.54, 1.807) is 79.9 Å². The lowest BCUT2D eigenvalue weighted by Gasteiger charge is -2.18. The first-order valence-electron chi connectivity index (χ1n) is 10.1. The third-order valence-corrected chi connectivity index (χ3v) is 4.94. The summed E-state index contributed by atoms with van der Waals surface area (Å²) in [6.07, 6.45) is 1.62. The summed E-state index contributed by atoms with van der Waals surface area (Å²) in [5, 5.41) is 14.1. The number of H-pyrrole nitrogens is 1. The lowest BCUT2D eigenvalue weighted by molar-refractivity contribution is -0.123. The van der Waals surface area contributed by atoms with Gasteiger partial charge in [0, 0.05) is 17.1 Å². The summed E-state index contributed by atoms with van der Waals surface area (Å²) in [5.74, 6) is -1.10. The number of benzene rings is 2. The highest BCUT2D eigenvalue weighted by Crippen LogP contribution is 2.20. The number of aromatic amines is 1. The average Bonchev–Trinajstić information content (AvgIpc) is 2.87. The van der Waals surface area contributed by atoms with Gasteiger partial charge >= 0.3 is 0 Å². The van der Waals surface area contributed by atoms with E-state index in [2.05, 4.69) is 31.0 Å². The molecule has 2 aromatic carbocycles. The van der Waals surface area contributed by atoms with Crippen LogP contribution in [0.1, 0.15) is 34.7 Å². The van der Waals surface area contributed by atoms with Crippen molar-refractivity contribution in [2.24, 2.45) is 5.10 Å². The van der Waals surface area contributed by atoms with E-state index in [4.69, 9.17) is 0 Å². The van der Waals surface area contributed by atoms with E-state index in [-0.39, 0.29) is 5.69 Å². The first kappa shape index (κ1) is 21.6. The second-order valence-electron chi connectivity index (χ2n) is 7.14. The fourth-order valence-corrected chi connectivity index (χ4v) is 3.26. The first-order valence-corrected chi connectivity index (χ1v) is 10.1. The molecule has 9 nitrogen and oxygen atoms in total. The highest BCUT2D eigenvalue weighted by molar-refractivity contribution is 6.00. The van der Waals surface area contributed by atoms with Gasteiger partial charge in [-0.25, -0.2) is 10.5 Å². The Morgan fingerprint density at radius 3 is 2.36 bits per heavy atom. The van der Waals surface area contributed by atoms with Gasteiger partial charge in [-0.15, -0.1) is 0 Å². The number of hydrogen-bond donors (Lipinski definition) is 3. The van der Waals surface area contributed by atoms with Gasteiger partial charge in [0.05, 0.1) is 16.8 Å². The Morgan fingerprint density at radius 2 is 1.64 bits per heavy atom. The van der Waals surface area contributed by atoms with Crippen LogP contribution in [0.4, 0.5) is 0 Å². The van der Waals surface area contributed by atoms with Crippen molar-refractivity contribution >= 4 is 28.3 Å². The van der Waals surface area contributed by atoms with E-state index in [1.165, 1.54) is 0 Å². The van der Waals surface area contributed by atoms with Crippen molar-refractivity contribution in [1.82, 2.24) is 25.9 Å². The molecule has 164 valence electrons. The Labute approximate surface area is 188 Å². The summed E-state index contributed by atoms with van der Waals surface area (Å²) < 4.78 is 0. The van der Waals surface area contributed by atoms with Crippen molar-refractivity contribution in [3.05, 3.63) is 106 Å². The zero-order valence-electron chi connectivity index (χ0n) is 17.6. The summed E-state index contributed by atoms with van der Waals surface area (Å²) >= 11 is 0. The van der Waals surface area contributed by atoms with Crippen LogP contribution in [0.3, 0.4) is 0 Å². The van der Waals surface area contributed by atoms with Crippen LogP contribution in [0.5, 0.6) is 0 Å². The molecule has 0 fully saturated rings. The summed E-state index contributed by atoms with van der Waals surface area (Å²) in [6, 6.07) is 19.3. The lowest BCUT2D eigenvalue weighted by atomic mass is 10.0. The van der Waals surface area contributed by atoms with Crippen LogP contribution in [-0.4, -0.2) is 32.7 Å². The summed E-state index contributed by atoms with van der Waals surface area (Å²) in [6.45, 7) is 1.70. The molecule has 0 aliphatic carbocycles. The van der Waals surface area contributed by atoms with Gasteiger partial charge in [0.1, 0.15) is 5.69 Å². The van der Waals surface area contributed by atoms with Crippen LogP contribution < -0.4 is 16.3 Å². The monoisotopic (exact) mass is 440 g/mol. The fraction of sp³-hybridized carbons (Fsp3) is 0.0833. The number of aromatic nitrogens is 3. The van der Waals surface area contributed by atoms with Gasteiger partial charge in [0.25, 0.3) is 17.4 Å². The Morgan fingerprint density at radius 1 is 0.939 bits per heavy atom. The van der Waals surface area contributed by atoms with Gasteiger partial charge in [-0.05, 0) is 37.3 Å². The molecule has 0 saturated carbocycles. The summed E-state index contributed by atoms with van der Waals surface area (Å²) in [4.78, 5) is 42.4. The largest absolute Gasteiger partial charge is 0.335 e. The molecule has 0 spiro atoms. The molecular formula is C24H20N6O3. The number of carbonyl (C=O) groups excluding carboxylic acids is 2. The topological polar surface area (TPSA) is 129 Å². The molecule has 0 aliphatic heterocycles. The normalized spacial score (nSPS) is 12.2. The van der Waals surface area contributed by atoms with Crippen molar-refractivity contribution in [3.63, 3.8) is 0 Å². The number of rotatable bonds is 6. The molecule has 4 rings (SSSR count). The molecule has 4 aromatic rings. The number of fused-ring (bicyclic) bond motifs is 1. The Balaban J connectivity index is 1.70. The predicted molar refractivity (Wildman–Crippen MR) is 124 cm³/mol. The molecule has 0 saturated heterocycles. The highest BCUT2D eigenvalue weighted by Gasteiger charge is 2.27. The maximum Gasteiger partial charge on any atom is 0.272 e. The Hall–Kier alpha value is -4.66.